The summed E-state index contributed by atoms with van der Waals surface area (Å²) >= 11 is 0. The van der Waals surface area contributed by atoms with E-state index in [-0.39, 0.29) is 11.8 Å². The second-order valence-electron chi connectivity index (χ2n) is 6.31. The lowest BCUT2D eigenvalue weighted by Gasteiger charge is -2.29. The second kappa shape index (κ2) is 5.72. The summed E-state index contributed by atoms with van der Waals surface area (Å²) in [7, 11) is 0. The number of hydrogen-bond acceptors (Lipinski definition) is 3. The third kappa shape index (κ3) is 2.73. The lowest BCUT2D eigenvalue weighted by atomic mass is 9.99. The van der Waals surface area contributed by atoms with Gasteiger partial charge in [0.15, 0.2) is 0 Å². The Balaban J connectivity index is 1.79. The highest BCUT2D eigenvalue weighted by Gasteiger charge is 2.38. The molecule has 1 heterocycles. The number of hydrogen-bond donors (Lipinski definition) is 2. The van der Waals surface area contributed by atoms with Crippen LogP contribution in [0.2, 0.25) is 0 Å². The molecule has 0 saturated heterocycles. The first-order valence-electron chi connectivity index (χ1n) is 7.94. The maximum Gasteiger partial charge on any atom is 0.256 e. The smallest absolute Gasteiger partial charge is 0.256 e. The van der Waals surface area contributed by atoms with Crippen LogP contribution >= 0.6 is 0 Å². The van der Waals surface area contributed by atoms with Crippen LogP contribution in [0.25, 0.3) is 0 Å². The predicted octanol–water partition coefficient (Wildman–Crippen LogP) is 2.23. The zero-order chi connectivity index (χ0) is 15.7. The van der Waals surface area contributed by atoms with E-state index >= 15 is 0 Å². The van der Waals surface area contributed by atoms with Gasteiger partial charge in [-0.25, -0.2) is 0 Å². The highest BCUT2D eigenvalue weighted by molar-refractivity contribution is 5.98. The Kier molecular flexibility index (Phi) is 3.91. The van der Waals surface area contributed by atoms with Crippen molar-refractivity contribution >= 4 is 23.2 Å². The number of fused-ring (bicyclic) bond motifs is 1. The second-order valence-corrected chi connectivity index (χ2v) is 6.31. The third-order valence-electron chi connectivity index (χ3n) is 4.69. The fourth-order valence-corrected chi connectivity index (χ4v) is 3.44. The SMILES string of the molecule is CC(=O)N1CCCc2cc(NC(=O)C3(O)CCCC3)ccc21. The molecule has 1 fully saturated rings. The van der Waals surface area contributed by atoms with E-state index in [0.717, 1.165) is 43.5 Å². The highest BCUT2D eigenvalue weighted by atomic mass is 16.3. The molecule has 5 heteroatoms. The van der Waals surface area contributed by atoms with Gasteiger partial charge in [0.05, 0.1) is 0 Å². The molecule has 118 valence electrons. The van der Waals surface area contributed by atoms with E-state index in [9.17, 15) is 14.7 Å². The molecule has 0 atom stereocenters. The molecule has 1 saturated carbocycles. The van der Waals surface area contributed by atoms with E-state index in [0.29, 0.717) is 18.5 Å². The molecule has 1 aliphatic heterocycles. The molecule has 3 rings (SSSR count). The molecule has 2 amide bonds. The van der Waals surface area contributed by atoms with Gasteiger partial charge in [0.1, 0.15) is 5.60 Å². The van der Waals surface area contributed by atoms with Crippen molar-refractivity contribution in [2.24, 2.45) is 0 Å². The van der Waals surface area contributed by atoms with Crippen molar-refractivity contribution in [3.63, 3.8) is 0 Å². The molecular formula is C17H22N2O3. The van der Waals surface area contributed by atoms with Crippen molar-refractivity contribution in [1.82, 2.24) is 0 Å². The van der Waals surface area contributed by atoms with Gasteiger partial charge in [-0.3, -0.25) is 9.59 Å². The molecule has 1 aromatic carbocycles. The van der Waals surface area contributed by atoms with Crippen molar-refractivity contribution < 1.29 is 14.7 Å². The molecule has 0 unspecified atom stereocenters. The van der Waals surface area contributed by atoms with E-state index in [2.05, 4.69) is 5.32 Å². The summed E-state index contributed by atoms with van der Waals surface area (Å²) in [6, 6.07) is 5.60. The predicted molar refractivity (Wildman–Crippen MR) is 84.8 cm³/mol. The van der Waals surface area contributed by atoms with Crippen LogP contribution in [0.3, 0.4) is 0 Å². The Bertz CT molecular complexity index is 606. The van der Waals surface area contributed by atoms with Crippen molar-refractivity contribution in [3.05, 3.63) is 23.8 Å². The number of nitrogens with one attached hydrogen (secondary N) is 1. The number of anilines is 2. The van der Waals surface area contributed by atoms with Gasteiger partial charge in [0.25, 0.3) is 5.91 Å². The number of carbonyl (C=O) groups excluding carboxylic acids is 2. The van der Waals surface area contributed by atoms with Gasteiger partial charge in [-0.05, 0) is 62.3 Å². The Hall–Kier alpha value is -1.88. The van der Waals surface area contributed by atoms with Crippen LogP contribution in [0.5, 0.6) is 0 Å². The number of aliphatic hydroxyl groups is 1. The average molecular weight is 302 g/mol. The minimum atomic E-state index is -1.22. The molecule has 0 bridgehead atoms. The lowest BCUT2D eigenvalue weighted by Crippen LogP contribution is -2.40. The summed E-state index contributed by atoms with van der Waals surface area (Å²) in [5, 5.41) is 13.1. The van der Waals surface area contributed by atoms with Crippen LogP contribution in [-0.4, -0.2) is 29.1 Å². The third-order valence-corrected chi connectivity index (χ3v) is 4.69. The van der Waals surface area contributed by atoms with Gasteiger partial charge in [-0.15, -0.1) is 0 Å². The van der Waals surface area contributed by atoms with E-state index < -0.39 is 5.60 Å². The number of aryl methyl sites for hydroxylation is 1. The molecule has 0 aromatic heterocycles. The number of rotatable bonds is 2. The topological polar surface area (TPSA) is 69.6 Å². The average Bonchev–Trinajstić information content (AvgIpc) is 2.94. The zero-order valence-electron chi connectivity index (χ0n) is 12.9. The van der Waals surface area contributed by atoms with E-state index in [1.165, 1.54) is 0 Å². The summed E-state index contributed by atoms with van der Waals surface area (Å²) in [6.45, 7) is 2.31. The number of amides is 2. The van der Waals surface area contributed by atoms with E-state index in [1.54, 1.807) is 17.9 Å². The van der Waals surface area contributed by atoms with Crippen LogP contribution < -0.4 is 10.2 Å². The Morgan fingerprint density at radius 1 is 1.23 bits per heavy atom. The van der Waals surface area contributed by atoms with E-state index in [4.69, 9.17) is 0 Å². The van der Waals surface area contributed by atoms with Gasteiger partial charge in [-0.1, -0.05) is 0 Å². The first-order chi connectivity index (χ1) is 10.5. The zero-order valence-corrected chi connectivity index (χ0v) is 12.9. The van der Waals surface area contributed by atoms with Crippen molar-refractivity contribution in [3.8, 4) is 0 Å². The van der Waals surface area contributed by atoms with Crippen LogP contribution in [0.1, 0.15) is 44.6 Å². The largest absolute Gasteiger partial charge is 0.380 e. The number of nitrogens with zero attached hydrogens (tertiary/aromatic N) is 1. The molecule has 5 nitrogen and oxygen atoms in total. The van der Waals surface area contributed by atoms with Crippen molar-refractivity contribution in [1.29, 1.82) is 0 Å². The Morgan fingerprint density at radius 3 is 2.64 bits per heavy atom. The minimum Gasteiger partial charge on any atom is -0.380 e. The number of benzene rings is 1. The molecule has 22 heavy (non-hydrogen) atoms. The molecule has 1 aliphatic carbocycles. The molecule has 2 aliphatic rings. The quantitative estimate of drug-likeness (QED) is 0.880. The van der Waals surface area contributed by atoms with Crippen LogP contribution in [0.15, 0.2) is 18.2 Å². The van der Waals surface area contributed by atoms with Gasteiger partial charge in [0.2, 0.25) is 5.91 Å². The molecule has 0 spiro atoms. The highest BCUT2D eigenvalue weighted by Crippen LogP contribution is 2.33. The van der Waals surface area contributed by atoms with Crippen molar-refractivity contribution in [2.75, 3.05) is 16.8 Å². The maximum absolute atomic E-state index is 12.3. The van der Waals surface area contributed by atoms with Crippen LogP contribution in [0.4, 0.5) is 11.4 Å². The molecule has 0 radical (unpaired) electrons. The number of carbonyl (C=O) groups is 2. The summed E-state index contributed by atoms with van der Waals surface area (Å²) in [4.78, 5) is 25.7. The minimum absolute atomic E-state index is 0.0398. The van der Waals surface area contributed by atoms with Crippen LogP contribution in [-0.2, 0) is 16.0 Å². The fourth-order valence-electron chi connectivity index (χ4n) is 3.44. The summed E-state index contributed by atoms with van der Waals surface area (Å²) in [5.74, 6) is -0.276. The summed E-state index contributed by atoms with van der Waals surface area (Å²) in [6.07, 6.45) is 4.66. The van der Waals surface area contributed by atoms with E-state index in [1.807, 2.05) is 12.1 Å². The first kappa shape index (κ1) is 15.0. The maximum atomic E-state index is 12.3. The van der Waals surface area contributed by atoms with Gasteiger partial charge < -0.3 is 15.3 Å². The summed E-state index contributed by atoms with van der Waals surface area (Å²) in [5.41, 5.74) is 1.46. The van der Waals surface area contributed by atoms with Crippen LogP contribution in [0, 0.1) is 0 Å². The van der Waals surface area contributed by atoms with Crippen molar-refractivity contribution in [2.45, 2.75) is 51.0 Å². The van der Waals surface area contributed by atoms with Gasteiger partial charge in [-0.2, -0.15) is 0 Å². The molecule has 2 N–H and O–H groups in total. The first-order valence-corrected chi connectivity index (χ1v) is 7.94. The Labute approximate surface area is 130 Å². The molecular weight excluding hydrogens is 280 g/mol. The monoisotopic (exact) mass is 302 g/mol. The standard InChI is InChI=1S/C17H22N2O3/c1-12(20)19-10-4-5-13-11-14(6-7-15(13)19)18-16(21)17(22)8-2-3-9-17/h6-7,11,22H,2-5,8-10H2,1H3,(H,18,21). The van der Waals surface area contributed by atoms with Gasteiger partial charge in [0, 0.05) is 24.8 Å². The lowest BCUT2D eigenvalue weighted by molar-refractivity contribution is -0.133. The van der Waals surface area contributed by atoms with Gasteiger partial charge >= 0.3 is 0 Å². The Morgan fingerprint density at radius 2 is 1.95 bits per heavy atom. The summed E-state index contributed by atoms with van der Waals surface area (Å²) < 4.78 is 0. The fraction of sp³-hybridized carbons (Fsp3) is 0.529. The molecule has 1 aromatic rings. The normalized spacial score (nSPS) is 19.6.